The molecule has 0 spiro atoms. The van der Waals surface area contributed by atoms with Crippen LogP contribution in [0.5, 0.6) is 0 Å². The van der Waals surface area contributed by atoms with Crippen molar-refractivity contribution in [1.82, 2.24) is 4.90 Å². The standard InChI is InChI=1S/C20H26F3NO4S/c1-18-11-9-17(25)24(3)15(18)6-4-12-13-5-7-16(19(13,2)10-8-14(12)18)28-29(26,27)20(21,22)23/h6-7,12-14H,4-5,8-11H2,1-3H3. The number of amides is 1. The zero-order valence-electron chi connectivity index (χ0n) is 16.8. The monoisotopic (exact) mass is 433 g/mol. The molecule has 0 aromatic rings. The maximum absolute atomic E-state index is 12.8. The summed E-state index contributed by atoms with van der Waals surface area (Å²) in [4.78, 5) is 13.9. The summed E-state index contributed by atoms with van der Waals surface area (Å²) in [7, 11) is -3.86. The molecule has 4 rings (SSSR count). The van der Waals surface area contributed by atoms with Crippen LogP contribution >= 0.6 is 0 Å². The van der Waals surface area contributed by atoms with Crippen LogP contribution < -0.4 is 0 Å². The summed E-state index contributed by atoms with van der Waals surface area (Å²) in [6, 6.07) is 0. The number of halogens is 3. The van der Waals surface area contributed by atoms with Gasteiger partial charge in [-0.3, -0.25) is 4.79 Å². The average Bonchev–Trinajstić information content (AvgIpc) is 2.94. The highest BCUT2D eigenvalue weighted by molar-refractivity contribution is 7.87. The Kier molecular flexibility index (Phi) is 4.47. The first-order valence-corrected chi connectivity index (χ1v) is 11.4. The molecule has 29 heavy (non-hydrogen) atoms. The summed E-state index contributed by atoms with van der Waals surface area (Å²) >= 11 is 0. The Balaban J connectivity index is 1.62. The number of likely N-dealkylation sites (tertiary alicyclic amines) is 1. The molecule has 3 aliphatic carbocycles. The largest absolute Gasteiger partial charge is 0.534 e. The van der Waals surface area contributed by atoms with E-state index in [1.807, 2.05) is 14.0 Å². The van der Waals surface area contributed by atoms with Crippen molar-refractivity contribution >= 4 is 16.0 Å². The predicted octanol–water partition coefficient (Wildman–Crippen LogP) is 4.34. The third-order valence-electron chi connectivity index (χ3n) is 8.01. The molecular formula is C20H26F3NO4S. The van der Waals surface area contributed by atoms with Crippen LogP contribution in [-0.2, 0) is 19.1 Å². The second-order valence-corrected chi connectivity index (χ2v) is 10.9. The maximum Gasteiger partial charge on any atom is 0.534 e. The SMILES string of the molecule is CN1C(=O)CCC2(C)C1=CCC1C3CC=C(OS(=O)(=O)C(F)(F)F)C3(C)CCC12. The van der Waals surface area contributed by atoms with Crippen molar-refractivity contribution in [2.45, 2.75) is 57.9 Å². The van der Waals surface area contributed by atoms with Gasteiger partial charge in [-0.2, -0.15) is 21.6 Å². The predicted molar refractivity (Wildman–Crippen MR) is 99.4 cm³/mol. The molecule has 5 atom stereocenters. The van der Waals surface area contributed by atoms with Gasteiger partial charge < -0.3 is 9.08 Å². The Hall–Kier alpha value is -1.51. The molecule has 5 unspecified atom stereocenters. The summed E-state index contributed by atoms with van der Waals surface area (Å²) in [5, 5.41) is 0. The summed E-state index contributed by atoms with van der Waals surface area (Å²) in [6.45, 7) is 4.02. The van der Waals surface area contributed by atoms with Crippen LogP contribution in [0, 0.1) is 28.6 Å². The number of rotatable bonds is 2. The quantitative estimate of drug-likeness (QED) is 0.480. The molecular weight excluding hydrogens is 407 g/mol. The van der Waals surface area contributed by atoms with Gasteiger partial charge in [-0.15, -0.1) is 0 Å². The highest BCUT2D eigenvalue weighted by Crippen LogP contribution is 2.64. The van der Waals surface area contributed by atoms with Gasteiger partial charge in [0.05, 0.1) is 0 Å². The van der Waals surface area contributed by atoms with Crippen molar-refractivity contribution in [1.29, 1.82) is 0 Å². The van der Waals surface area contributed by atoms with E-state index < -0.39 is 21.0 Å². The topological polar surface area (TPSA) is 63.7 Å². The second kappa shape index (κ2) is 6.25. The summed E-state index contributed by atoms with van der Waals surface area (Å²) in [5.74, 6) is 0.605. The minimum atomic E-state index is -5.67. The highest BCUT2D eigenvalue weighted by Gasteiger charge is 2.60. The Bertz CT molecular complexity index is 909. The third-order valence-corrected chi connectivity index (χ3v) is 8.98. The van der Waals surface area contributed by atoms with Gasteiger partial charge in [0.1, 0.15) is 5.76 Å². The van der Waals surface area contributed by atoms with Crippen molar-refractivity contribution in [2.75, 3.05) is 7.05 Å². The summed E-state index contributed by atoms with van der Waals surface area (Å²) in [5.41, 5.74) is -5.25. The van der Waals surface area contributed by atoms with Crippen molar-refractivity contribution in [3.8, 4) is 0 Å². The summed E-state index contributed by atoms with van der Waals surface area (Å²) in [6.07, 6.45) is 7.48. The van der Waals surface area contributed by atoms with E-state index in [2.05, 4.69) is 17.2 Å². The molecule has 0 aromatic carbocycles. The molecule has 2 fully saturated rings. The van der Waals surface area contributed by atoms with Crippen LogP contribution in [0.2, 0.25) is 0 Å². The number of nitrogens with zero attached hydrogens (tertiary/aromatic N) is 1. The molecule has 1 aliphatic heterocycles. The molecule has 1 saturated carbocycles. The number of piperidine rings is 1. The Morgan fingerprint density at radius 2 is 1.79 bits per heavy atom. The van der Waals surface area contributed by atoms with E-state index >= 15 is 0 Å². The van der Waals surface area contributed by atoms with Crippen molar-refractivity contribution < 1.29 is 30.6 Å². The number of alkyl halides is 3. The zero-order valence-corrected chi connectivity index (χ0v) is 17.6. The van der Waals surface area contributed by atoms with Crippen LogP contribution in [0.25, 0.3) is 0 Å². The fourth-order valence-corrected chi connectivity index (χ4v) is 6.99. The Morgan fingerprint density at radius 3 is 2.45 bits per heavy atom. The Labute approximate surface area is 169 Å². The van der Waals surface area contributed by atoms with E-state index in [1.54, 1.807) is 4.90 Å². The molecule has 4 aliphatic rings. The lowest BCUT2D eigenvalue weighted by molar-refractivity contribution is -0.135. The van der Waals surface area contributed by atoms with Crippen LogP contribution in [0.3, 0.4) is 0 Å². The average molecular weight is 433 g/mol. The summed E-state index contributed by atoms with van der Waals surface area (Å²) < 4.78 is 66.3. The van der Waals surface area contributed by atoms with Gasteiger partial charge in [0.2, 0.25) is 5.91 Å². The second-order valence-electron chi connectivity index (χ2n) is 9.32. The molecule has 9 heteroatoms. The van der Waals surface area contributed by atoms with Gasteiger partial charge in [0, 0.05) is 30.0 Å². The van der Waals surface area contributed by atoms with Gasteiger partial charge in [-0.05, 0) is 55.9 Å². The normalized spacial score (nSPS) is 39.9. The fraction of sp³-hybridized carbons (Fsp3) is 0.750. The van der Waals surface area contributed by atoms with Gasteiger partial charge in [0.15, 0.2) is 0 Å². The molecule has 0 N–H and O–H groups in total. The van der Waals surface area contributed by atoms with Crippen molar-refractivity contribution in [3.63, 3.8) is 0 Å². The fourth-order valence-electron chi connectivity index (χ4n) is 6.40. The molecule has 0 aromatic heterocycles. The maximum atomic E-state index is 12.8. The number of carbonyl (C=O) groups is 1. The minimum Gasteiger partial charge on any atom is -0.380 e. The van der Waals surface area contributed by atoms with E-state index in [4.69, 9.17) is 0 Å². The number of hydrogen-bond acceptors (Lipinski definition) is 4. The van der Waals surface area contributed by atoms with Gasteiger partial charge in [-0.1, -0.05) is 19.9 Å². The molecule has 1 saturated heterocycles. The lowest BCUT2D eigenvalue weighted by atomic mass is 9.49. The van der Waals surface area contributed by atoms with Gasteiger partial charge in [0.25, 0.3) is 0 Å². The highest BCUT2D eigenvalue weighted by atomic mass is 32.2. The minimum absolute atomic E-state index is 0.0252. The number of allylic oxidation sites excluding steroid dienone is 4. The smallest absolute Gasteiger partial charge is 0.380 e. The number of fused-ring (bicyclic) bond motifs is 5. The Morgan fingerprint density at radius 1 is 1.10 bits per heavy atom. The van der Waals surface area contributed by atoms with Crippen molar-refractivity contribution in [2.24, 2.45) is 28.6 Å². The molecule has 0 bridgehead atoms. The van der Waals surface area contributed by atoms with Gasteiger partial charge in [-0.25, -0.2) is 0 Å². The molecule has 0 radical (unpaired) electrons. The number of hydrogen-bond donors (Lipinski definition) is 0. The van der Waals surface area contributed by atoms with E-state index in [-0.39, 0.29) is 28.9 Å². The molecule has 162 valence electrons. The first kappa shape index (κ1) is 20.8. The van der Waals surface area contributed by atoms with E-state index in [0.29, 0.717) is 25.2 Å². The van der Waals surface area contributed by atoms with Crippen LogP contribution in [0.1, 0.15) is 52.4 Å². The lowest BCUT2D eigenvalue weighted by Crippen LogP contribution is -2.53. The lowest BCUT2D eigenvalue weighted by Gasteiger charge is -2.57. The van der Waals surface area contributed by atoms with Crippen LogP contribution in [0.15, 0.2) is 23.6 Å². The molecule has 1 heterocycles. The molecule has 5 nitrogen and oxygen atoms in total. The van der Waals surface area contributed by atoms with E-state index in [1.165, 1.54) is 6.08 Å². The molecule has 1 amide bonds. The van der Waals surface area contributed by atoms with Crippen LogP contribution in [-0.4, -0.2) is 31.8 Å². The zero-order chi connectivity index (χ0) is 21.4. The van der Waals surface area contributed by atoms with E-state index in [9.17, 15) is 26.4 Å². The number of carbonyl (C=O) groups excluding carboxylic acids is 1. The van der Waals surface area contributed by atoms with Crippen molar-refractivity contribution in [3.05, 3.63) is 23.6 Å². The van der Waals surface area contributed by atoms with E-state index in [0.717, 1.165) is 25.0 Å². The first-order chi connectivity index (χ1) is 13.3. The van der Waals surface area contributed by atoms with Gasteiger partial charge >= 0.3 is 15.6 Å². The van der Waals surface area contributed by atoms with Crippen LogP contribution in [0.4, 0.5) is 13.2 Å². The first-order valence-electron chi connectivity index (χ1n) is 10.00. The third kappa shape index (κ3) is 2.86.